The van der Waals surface area contributed by atoms with Gasteiger partial charge >= 0.3 is 0 Å². The first-order valence-corrected chi connectivity index (χ1v) is 7.56. The number of aromatic hydroxyl groups is 1. The Labute approximate surface area is 138 Å². The number of phenolic OH excluding ortho intramolecular Hbond substituents is 1. The van der Waals surface area contributed by atoms with E-state index in [0.717, 1.165) is 17.5 Å². The summed E-state index contributed by atoms with van der Waals surface area (Å²) < 4.78 is 0. The van der Waals surface area contributed by atoms with Crippen molar-refractivity contribution in [3.63, 3.8) is 0 Å². The van der Waals surface area contributed by atoms with Gasteiger partial charge in [-0.25, -0.2) is 0 Å². The molecule has 1 aliphatic rings. The van der Waals surface area contributed by atoms with Crippen molar-refractivity contribution in [3.8, 4) is 5.75 Å². The first-order chi connectivity index (χ1) is 11.5. The van der Waals surface area contributed by atoms with E-state index in [0.29, 0.717) is 18.5 Å². The summed E-state index contributed by atoms with van der Waals surface area (Å²) in [5.74, 6) is -0.409. The SMILES string of the molecule is NC(=O)c1ccc(CNC2Cc3cccc(O)c3C2)c([N+](=O)[O-])c1. The van der Waals surface area contributed by atoms with E-state index in [1.807, 2.05) is 12.1 Å². The Kier molecular flexibility index (Phi) is 4.18. The molecule has 2 aromatic rings. The molecule has 24 heavy (non-hydrogen) atoms. The smallest absolute Gasteiger partial charge is 0.274 e. The Hall–Kier alpha value is -2.93. The Bertz CT molecular complexity index is 819. The van der Waals surface area contributed by atoms with Crippen molar-refractivity contribution in [2.45, 2.75) is 25.4 Å². The first kappa shape index (κ1) is 15.9. The van der Waals surface area contributed by atoms with Crippen LogP contribution in [0.4, 0.5) is 5.69 Å². The number of amides is 1. The maximum absolute atomic E-state index is 11.2. The highest BCUT2D eigenvalue weighted by molar-refractivity contribution is 5.93. The number of benzene rings is 2. The lowest BCUT2D eigenvalue weighted by Gasteiger charge is -2.12. The molecular formula is C17H17N3O4. The van der Waals surface area contributed by atoms with Crippen LogP contribution in [0.3, 0.4) is 0 Å². The summed E-state index contributed by atoms with van der Waals surface area (Å²) in [5, 5.41) is 24.4. The van der Waals surface area contributed by atoms with Crippen LogP contribution in [0.1, 0.15) is 27.0 Å². The Balaban J connectivity index is 1.73. The fourth-order valence-electron chi connectivity index (χ4n) is 3.07. The number of nitro groups is 1. The zero-order chi connectivity index (χ0) is 17.3. The molecule has 0 radical (unpaired) electrons. The number of nitrogens with two attached hydrogens (primary N) is 1. The van der Waals surface area contributed by atoms with Crippen LogP contribution in [-0.2, 0) is 19.4 Å². The molecule has 1 unspecified atom stereocenters. The van der Waals surface area contributed by atoms with Crippen LogP contribution in [0.5, 0.6) is 5.75 Å². The van der Waals surface area contributed by atoms with Gasteiger partial charge in [-0.2, -0.15) is 0 Å². The van der Waals surface area contributed by atoms with Crippen molar-refractivity contribution in [1.82, 2.24) is 5.32 Å². The molecule has 124 valence electrons. The van der Waals surface area contributed by atoms with Crippen LogP contribution in [0.25, 0.3) is 0 Å². The average molecular weight is 327 g/mol. The molecule has 7 heteroatoms. The van der Waals surface area contributed by atoms with Gasteiger partial charge in [0.15, 0.2) is 0 Å². The van der Waals surface area contributed by atoms with Gasteiger partial charge in [0.25, 0.3) is 5.69 Å². The lowest BCUT2D eigenvalue weighted by molar-refractivity contribution is -0.385. The molecule has 0 spiro atoms. The minimum absolute atomic E-state index is 0.101. The highest BCUT2D eigenvalue weighted by Gasteiger charge is 2.24. The molecule has 0 saturated heterocycles. The number of nitrogens with zero attached hydrogens (tertiary/aromatic N) is 1. The number of nitrogens with one attached hydrogen (secondary N) is 1. The number of primary amides is 1. The zero-order valence-corrected chi connectivity index (χ0v) is 12.9. The van der Waals surface area contributed by atoms with E-state index in [1.54, 1.807) is 12.1 Å². The summed E-state index contributed by atoms with van der Waals surface area (Å²) in [6, 6.07) is 9.78. The van der Waals surface area contributed by atoms with E-state index in [2.05, 4.69) is 5.32 Å². The lowest BCUT2D eigenvalue weighted by atomic mass is 10.1. The second kappa shape index (κ2) is 6.29. The summed E-state index contributed by atoms with van der Waals surface area (Å²) in [6.45, 7) is 0.300. The number of carbonyl (C=O) groups excluding carboxylic acids is 1. The topological polar surface area (TPSA) is 118 Å². The lowest BCUT2D eigenvalue weighted by Crippen LogP contribution is -2.29. The predicted octanol–water partition coefficient (Wildman–Crippen LogP) is 1.66. The molecule has 7 nitrogen and oxygen atoms in total. The molecule has 1 amide bonds. The van der Waals surface area contributed by atoms with Gasteiger partial charge in [0.05, 0.1) is 4.92 Å². The van der Waals surface area contributed by atoms with Gasteiger partial charge in [-0.15, -0.1) is 0 Å². The zero-order valence-electron chi connectivity index (χ0n) is 12.9. The van der Waals surface area contributed by atoms with E-state index in [4.69, 9.17) is 5.73 Å². The number of carbonyl (C=O) groups is 1. The summed E-state index contributed by atoms with van der Waals surface area (Å²) in [4.78, 5) is 21.9. The fraction of sp³-hybridized carbons (Fsp3) is 0.235. The van der Waals surface area contributed by atoms with Gasteiger partial charge in [-0.3, -0.25) is 14.9 Å². The Morgan fingerprint density at radius 3 is 2.79 bits per heavy atom. The molecule has 0 aliphatic heterocycles. The highest BCUT2D eigenvalue weighted by Crippen LogP contribution is 2.30. The molecule has 1 atom stereocenters. The van der Waals surface area contributed by atoms with E-state index in [1.165, 1.54) is 12.1 Å². The number of hydrogen-bond donors (Lipinski definition) is 3. The first-order valence-electron chi connectivity index (χ1n) is 7.56. The molecule has 0 fully saturated rings. The molecule has 4 N–H and O–H groups in total. The molecule has 1 aliphatic carbocycles. The van der Waals surface area contributed by atoms with Crippen molar-refractivity contribution < 1.29 is 14.8 Å². The number of nitro benzene ring substituents is 1. The highest BCUT2D eigenvalue weighted by atomic mass is 16.6. The van der Waals surface area contributed by atoms with Gasteiger partial charge < -0.3 is 16.2 Å². The minimum Gasteiger partial charge on any atom is -0.508 e. The van der Waals surface area contributed by atoms with Crippen molar-refractivity contribution in [2.24, 2.45) is 5.73 Å². The monoisotopic (exact) mass is 327 g/mol. The summed E-state index contributed by atoms with van der Waals surface area (Å²) in [7, 11) is 0. The van der Waals surface area contributed by atoms with Gasteiger partial charge in [0.2, 0.25) is 5.91 Å². The number of fused-ring (bicyclic) bond motifs is 1. The van der Waals surface area contributed by atoms with Gasteiger partial charge in [-0.1, -0.05) is 18.2 Å². The van der Waals surface area contributed by atoms with Gasteiger partial charge in [-0.05, 0) is 36.1 Å². The standard InChI is InChI=1S/C17H17N3O4/c18-17(22)11-4-5-12(15(7-11)20(23)24)9-19-13-6-10-2-1-3-16(21)14(10)8-13/h1-5,7,13,19,21H,6,8-9H2,(H2,18,22). The number of rotatable bonds is 5. The average Bonchev–Trinajstić information content (AvgIpc) is 2.97. The Morgan fingerprint density at radius 2 is 2.12 bits per heavy atom. The minimum atomic E-state index is -0.695. The van der Waals surface area contributed by atoms with E-state index >= 15 is 0 Å². The van der Waals surface area contributed by atoms with Crippen LogP contribution in [0.15, 0.2) is 36.4 Å². The van der Waals surface area contributed by atoms with Gasteiger partial charge in [0, 0.05) is 29.8 Å². The van der Waals surface area contributed by atoms with Crippen LogP contribution in [0, 0.1) is 10.1 Å². The number of phenols is 1. The molecule has 0 saturated carbocycles. The van der Waals surface area contributed by atoms with Gasteiger partial charge in [0.1, 0.15) is 5.75 Å². The molecule has 2 aromatic carbocycles. The van der Waals surface area contributed by atoms with Crippen LogP contribution in [-0.4, -0.2) is 22.0 Å². The molecule has 3 rings (SSSR count). The van der Waals surface area contributed by atoms with Crippen LogP contribution < -0.4 is 11.1 Å². The molecule has 0 bridgehead atoms. The Morgan fingerprint density at radius 1 is 1.33 bits per heavy atom. The van der Waals surface area contributed by atoms with Crippen LogP contribution in [0.2, 0.25) is 0 Å². The fourth-order valence-corrected chi connectivity index (χ4v) is 3.07. The van der Waals surface area contributed by atoms with E-state index in [-0.39, 0.29) is 23.0 Å². The van der Waals surface area contributed by atoms with Crippen molar-refractivity contribution >= 4 is 11.6 Å². The third-order valence-corrected chi connectivity index (χ3v) is 4.31. The summed E-state index contributed by atoms with van der Waals surface area (Å²) >= 11 is 0. The third kappa shape index (κ3) is 3.07. The maximum Gasteiger partial charge on any atom is 0.274 e. The largest absolute Gasteiger partial charge is 0.508 e. The predicted molar refractivity (Wildman–Crippen MR) is 87.8 cm³/mol. The van der Waals surface area contributed by atoms with Crippen molar-refractivity contribution in [3.05, 3.63) is 68.8 Å². The molecular weight excluding hydrogens is 310 g/mol. The third-order valence-electron chi connectivity index (χ3n) is 4.31. The second-order valence-corrected chi connectivity index (χ2v) is 5.87. The van der Waals surface area contributed by atoms with E-state index < -0.39 is 10.8 Å². The molecule has 0 heterocycles. The van der Waals surface area contributed by atoms with E-state index in [9.17, 15) is 20.0 Å². The maximum atomic E-state index is 11.2. The van der Waals surface area contributed by atoms with Crippen LogP contribution >= 0.6 is 0 Å². The summed E-state index contributed by atoms with van der Waals surface area (Å²) in [6.07, 6.45) is 1.44. The van der Waals surface area contributed by atoms with Crippen molar-refractivity contribution in [1.29, 1.82) is 0 Å². The second-order valence-electron chi connectivity index (χ2n) is 5.87. The molecule has 0 aromatic heterocycles. The number of hydrogen-bond acceptors (Lipinski definition) is 5. The normalized spacial score (nSPS) is 15.9. The quantitative estimate of drug-likeness (QED) is 0.570. The van der Waals surface area contributed by atoms with Crippen molar-refractivity contribution in [2.75, 3.05) is 0 Å². The summed E-state index contributed by atoms with van der Waals surface area (Å²) in [5.41, 5.74) is 7.66.